The minimum atomic E-state index is -0.0646. The van der Waals surface area contributed by atoms with E-state index in [9.17, 15) is 9.90 Å². The number of methoxy groups -OCH3 is 1. The second kappa shape index (κ2) is 8.87. The van der Waals surface area contributed by atoms with Gasteiger partial charge in [0.15, 0.2) is 0 Å². The lowest BCUT2D eigenvalue weighted by Crippen LogP contribution is -2.50. The average Bonchev–Trinajstić information content (AvgIpc) is 2.67. The van der Waals surface area contributed by atoms with E-state index in [4.69, 9.17) is 9.47 Å². The first-order valence-electron chi connectivity index (χ1n) is 9.80. The van der Waals surface area contributed by atoms with Crippen molar-refractivity contribution < 1.29 is 19.4 Å². The number of aliphatic hydroxyl groups excluding tert-OH is 1. The molecule has 0 saturated carbocycles. The number of likely N-dealkylation sites (tertiary alicyclic amines) is 1. The quantitative estimate of drug-likeness (QED) is 0.846. The van der Waals surface area contributed by atoms with Gasteiger partial charge in [0, 0.05) is 32.7 Å². The fourth-order valence-electron chi connectivity index (χ4n) is 4.27. The number of ether oxygens (including phenoxy) is 2. The zero-order chi connectivity index (χ0) is 18.4. The van der Waals surface area contributed by atoms with Crippen LogP contribution in [0.5, 0.6) is 5.75 Å². The first-order chi connectivity index (χ1) is 12.6. The Morgan fingerprint density at radius 2 is 2.04 bits per heavy atom. The van der Waals surface area contributed by atoms with Gasteiger partial charge in [0.2, 0.25) is 5.91 Å². The minimum absolute atomic E-state index is 0.0646. The third kappa shape index (κ3) is 4.77. The van der Waals surface area contributed by atoms with Gasteiger partial charge < -0.3 is 19.5 Å². The number of rotatable bonds is 6. The van der Waals surface area contributed by atoms with E-state index in [1.807, 2.05) is 29.2 Å². The lowest BCUT2D eigenvalue weighted by atomic mass is 9.78. The third-order valence-electron chi connectivity index (χ3n) is 5.95. The van der Waals surface area contributed by atoms with Crippen molar-refractivity contribution in [3.05, 3.63) is 29.8 Å². The summed E-state index contributed by atoms with van der Waals surface area (Å²) in [5.74, 6) is 1.64. The molecule has 1 unspecified atom stereocenters. The molecule has 0 aromatic heterocycles. The highest BCUT2D eigenvalue weighted by molar-refractivity contribution is 5.76. The summed E-state index contributed by atoms with van der Waals surface area (Å²) in [4.78, 5) is 14.6. The van der Waals surface area contributed by atoms with Crippen molar-refractivity contribution in [2.24, 2.45) is 5.92 Å². The van der Waals surface area contributed by atoms with Gasteiger partial charge in [-0.1, -0.05) is 12.1 Å². The number of benzene rings is 1. The lowest BCUT2D eigenvalue weighted by molar-refractivity contribution is -0.147. The Morgan fingerprint density at radius 3 is 2.69 bits per heavy atom. The van der Waals surface area contributed by atoms with E-state index in [-0.39, 0.29) is 18.1 Å². The Morgan fingerprint density at radius 1 is 1.31 bits per heavy atom. The summed E-state index contributed by atoms with van der Waals surface area (Å²) in [6.07, 6.45) is 6.10. The standard InChI is InChI=1S/C21H31NO4/c1-25-19-5-2-17(3-6-19)4-7-20(24)22-12-10-21(11-13-22)16-18(8-14-23)9-15-26-21/h2-3,5-6,18,23H,4,7-16H2,1H3. The highest BCUT2D eigenvalue weighted by Gasteiger charge is 2.40. The van der Waals surface area contributed by atoms with E-state index < -0.39 is 0 Å². The summed E-state index contributed by atoms with van der Waals surface area (Å²) in [5, 5.41) is 9.20. The molecular weight excluding hydrogens is 330 g/mol. The SMILES string of the molecule is COc1ccc(CCC(=O)N2CCC3(CC2)CC(CCO)CCO3)cc1. The van der Waals surface area contributed by atoms with Gasteiger partial charge in [-0.05, 0) is 62.1 Å². The molecule has 1 aromatic rings. The first-order valence-corrected chi connectivity index (χ1v) is 9.80. The number of piperidine rings is 1. The molecule has 2 heterocycles. The second-order valence-electron chi connectivity index (χ2n) is 7.63. The molecule has 2 saturated heterocycles. The Hall–Kier alpha value is -1.59. The van der Waals surface area contributed by atoms with Gasteiger partial charge in [-0.15, -0.1) is 0 Å². The zero-order valence-electron chi connectivity index (χ0n) is 15.8. The molecule has 1 spiro atoms. The van der Waals surface area contributed by atoms with Crippen LogP contribution in [0.2, 0.25) is 0 Å². The van der Waals surface area contributed by atoms with E-state index in [0.29, 0.717) is 12.3 Å². The Balaban J connectivity index is 1.45. The number of amides is 1. The molecule has 0 aliphatic carbocycles. The van der Waals surface area contributed by atoms with Crippen LogP contribution in [0.3, 0.4) is 0 Å². The van der Waals surface area contributed by atoms with Crippen molar-refractivity contribution in [3.8, 4) is 5.75 Å². The molecule has 2 fully saturated rings. The van der Waals surface area contributed by atoms with Gasteiger partial charge in [0.25, 0.3) is 0 Å². The number of aliphatic hydroxyl groups is 1. The van der Waals surface area contributed by atoms with Crippen LogP contribution < -0.4 is 4.74 Å². The van der Waals surface area contributed by atoms with E-state index in [2.05, 4.69) is 0 Å². The predicted molar refractivity (Wildman–Crippen MR) is 100 cm³/mol. The van der Waals surface area contributed by atoms with Crippen LogP contribution in [-0.2, 0) is 16.0 Å². The molecule has 144 valence electrons. The second-order valence-corrected chi connectivity index (χ2v) is 7.63. The largest absolute Gasteiger partial charge is 0.497 e. The normalized spacial score (nSPS) is 22.4. The molecule has 2 aliphatic rings. The molecule has 0 bridgehead atoms. The fourth-order valence-corrected chi connectivity index (χ4v) is 4.27. The van der Waals surface area contributed by atoms with Crippen LogP contribution in [0.25, 0.3) is 0 Å². The molecule has 5 nitrogen and oxygen atoms in total. The van der Waals surface area contributed by atoms with Crippen LogP contribution in [-0.4, -0.2) is 54.9 Å². The van der Waals surface area contributed by atoms with Crippen LogP contribution in [0.15, 0.2) is 24.3 Å². The summed E-state index contributed by atoms with van der Waals surface area (Å²) in [6.45, 7) is 2.62. The minimum Gasteiger partial charge on any atom is -0.497 e. The zero-order valence-corrected chi connectivity index (χ0v) is 15.8. The van der Waals surface area contributed by atoms with Crippen molar-refractivity contribution in [2.45, 2.75) is 50.5 Å². The van der Waals surface area contributed by atoms with Crippen LogP contribution in [0.4, 0.5) is 0 Å². The van der Waals surface area contributed by atoms with E-state index in [0.717, 1.165) is 69.5 Å². The highest BCUT2D eigenvalue weighted by Crippen LogP contribution is 2.38. The molecule has 1 amide bonds. The molecule has 2 aliphatic heterocycles. The van der Waals surface area contributed by atoms with Crippen molar-refractivity contribution in [1.82, 2.24) is 4.90 Å². The maximum Gasteiger partial charge on any atom is 0.222 e. The summed E-state index contributed by atoms with van der Waals surface area (Å²) in [7, 11) is 1.66. The smallest absolute Gasteiger partial charge is 0.222 e. The van der Waals surface area contributed by atoms with Crippen molar-refractivity contribution in [1.29, 1.82) is 0 Å². The summed E-state index contributed by atoms with van der Waals surface area (Å²) >= 11 is 0. The lowest BCUT2D eigenvalue weighted by Gasteiger charge is -2.46. The number of carbonyl (C=O) groups is 1. The van der Waals surface area contributed by atoms with Crippen molar-refractivity contribution in [3.63, 3.8) is 0 Å². The molecule has 1 aromatic carbocycles. The molecule has 3 rings (SSSR count). The molecular formula is C21H31NO4. The van der Waals surface area contributed by atoms with E-state index >= 15 is 0 Å². The van der Waals surface area contributed by atoms with Gasteiger partial charge in [-0.2, -0.15) is 0 Å². The number of hydrogen-bond acceptors (Lipinski definition) is 4. The number of nitrogens with zero attached hydrogens (tertiary/aromatic N) is 1. The van der Waals surface area contributed by atoms with Gasteiger partial charge in [-0.3, -0.25) is 4.79 Å². The monoisotopic (exact) mass is 361 g/mol. The first kappa shape index (κ1) is 19.2. The Bertz CT molecular complexity index is 576. The molecule has 5 heteroatoms. The Kier molecular flexibility index (Phi) is 6.54. The van der Waals surface area contributed by atoms with Gasteiger partial charge in [-0.25, -0.2) is 0 Å². The number of carbonyl (C=O) groups excluding carboxylic acids is 1. The molecule has 26 heavy (non-hydrogen) atoms. The molecule has 1 N–H and O–H groups in total. The van der Waals surface area contributed by atoms with Crippen LogP contribution in [0, 0.1) is 5.92 Å². The van der Waals surface area contributed by atoms with Crippen molar-refractivity contribution >= 4 is 5.91 Å². The van der Waals surface area contributed by atoms with Gasteiger partial charge in [0.1, 0.15) is 5.75 Å². The summed E-state index contributed by atoms with van der Waals surface area (Å²) < 4.78 is 11.3. The number of aryl methyl sites for hydroxylation is 1. The van der Waals surface area contributed by atoms with Crippen LogP contribution in [0.1, 0.15) is 44.1 Å². The third-order valence-corrected chi connectivity index (χ3v) is 5.95. The molecule has 1 atom stereocenters. The average molecular weight is 361 g/mol. The topological polar surface area (TPSA) is 59.0 Å². The highest BCUT2D eigenvalue weighted by atomic mass is 16.5. The maximum atomic E-state index is 12.6. The van der Waals surface area contributed by atoms with E-state index in [1.54, 1.807) is 7.11 Å². The van der Waals surface area contributed by atoms with E-state index in [1.165, 1.54) is 0 Å². The van der Waals surface area contributed by atoms with Gasteiger partial charge >= 0.3 is 0 Å². The van der Waals surface area contributed by atoms with Gasteiger partial charge in [0.05, 0.1) is 12.7 Å². The molecule has 0 radical (unpaired) electrons. The van der Waals surface area contributed by atoms with Crippen LogP contribution >= 0.6 is 0 Å². The fraction of sp³-hybridized carbons (Fsp3) is 0.667. The maximum absolute atomic E-state index is 12.6. The number of hydrogen-bond donors (Lipinski definition) is 1. The summed E-state index contributed by atoms with van der Waals surface area (Å²) in [5.41, 5.74) is 1.10. The van der Waals surface area contributed by atoms with Crippen molar-refractivity contribution in [2.75, 3.05) is 33.4 Å². The summed E-state index contributed by atoms with van der Waals surface area (Å²) in [6, 6.07) is 7.92. The predicted octanol–water partition coefficient (Wildman–Crippen LogP) is 2.80. The Labute approximate surface area is 156 Å².